The van der Waals surface area contributed by atoms with Crippen molar-refractivity contribution in [2.45, 2.75) is 25.7 Å². The molecule has 0 fully saturated rings. The number of carbonyl (C=O) groups is 2. The van der Waals surface area contributed by atoms with Gasteiger partial charge in [0.15, 0.2) is 11.5 Å². The summed E-state index contributed by atoms with van der Waals surface area (Å²) in [6.45, 7) is 1.51. The Labute approximate surface area is 176 Å². The van der Waals surface area contributed by atoms with Crippen LogP contribution in [0, 0.1) is 0 Å². The third-order valence-electron chi connectivity index (χ3n) is 4.82. The third-order valence-corrected chi connectivity index (χ3v) is 4.82. The molecule has 0 spiro atoms. The number of hydrogen-bond donors (Lipinski definition) is 0. The van der Waals surface area contributed by atoms with Crippen LogP contribution >= 0.6 is 0 Å². The van der Waals surface area contributed by atoms with E-state index in [2.05, 4.69) is 4.99 Å². The zero-order chi connectivity index (χ0) is 21.3. The van der Waals surface area contributed by atoms with Gasteiger partial charge in [0.05, 0.1) is 6.26 Å². The quantitative estimate of drug-likeness (QED) is 0.340. The average molecular weight is 409 g/mol. The molecule has 0 radical (unpaired) electrons. The minimum absolute atomic E-state index is 0.0924. The Bertz CT molecular complexity index is 904. The molecule has 30 heavy (non-hydrogen) atoms. The number of furan rings is 1. The number of unbranched alkanes of at least 4 members (excludes halogenated alkanes) is 3. The van der Waals surface area contributed by atoms with E-state index in [4.69, 9.17) is 9.15 Å². The zero-order valence-corrected chi connectivity index (χ0v) is 17.4. The van der Waals surface area contributed by atoms with Gasteiger partial charge in [-0.25, -0.2) is 9.79 Å². The van der Waals surface area contributed by atoms with Gasteiger partial charge in [-0.3, -0.25) is 4.79 Å². The molecule has 1 aromatic carbocycles. The summed E-state index contributed by atoms with van der Waals surface area (Å²) in [5.74, 6) is 0.194. The van der Waals surface area contributed by atoms with Crippen LogP contribution in [0.15, 0.2) is 70.0 Å². The van der Waals surface area contributed by atoms with Crippen molar-refractivity contribution in [3.8, 4) is 0 Å². The molecule has 1 aliphatic heterocycles. The Morgan fingerprint density at radius 2 is 1.73 bits per heavy atom. The van der Waals surface area contributed by atoms with Crippen LogP contribution in [0.1, 0.15) is 41.8 Å². The summed E-state index contributed by atoms with van der Waals surface area (Å²) in [5.41, 5.74) is 1.10. The van der Waals surface area contributed by atoms with Crippen molar-refractivity contribution < 1.29 is 18.7 Å². The standard InChI is InChI=1S/C23H27N3O4/c1-25(17-19-23(28)30-21(24-19)18-11-6-5-7-12-18)14-8-3-4-9-15-26(2)22(27)20-13-10-16-29-20/h5-7,10-13,16-17H,3-4,8-9,14-15H2,1-2H3/b19-17+. The molecule has 0 bridgehead atoms. The van der Waals surface area contributed by atoms with Gasteiger partial charge >= 0.3 is 5.97 Å². The van der Waals surface area contributed by atoms with Crippen molar-refractivity contribution in [3.63, 3.8) is 0 Å². The molecule has 0 aliphatic carbocycles. The second-order valence-corrected chi connectivity index (χ2v) is 7.29. The van der Waals surface area contributed by atoms with Crippen LogP contribution in [-0.2, 0) is 9.53 Å². The normalized spacial score (nSPS) is 14.5. The molecule has 2 heterocycles. The first-order valence-corrected chi connectivity index (χ1v) is 10.1. The van der Waals surface area contributed by atoms with E-state index in [0.29, 0.717) is 23.9 Å². The topological polar surface area (TPSA) is 75.3 Å². The summed E-state index contributed by atoms with van der Waals surface area (Å²) in [6.07, 6.45) is 7.23. The third kappa shape index (κ3) is 5.83. The van der Waals surface area contributed by atoms with Crippen LogP contribution in [0.3, 0.4) is 0 Å². The fourth-order valence-corrected chi connectivity index (χ4v) is 3.13. The van der Waals surface area contributed by atoms with Crippen LogP contribution < -0.4 is 0 Å². The number of esters is 1. The number of carbonyl (C=O) groups excluding carboxylic acids is 2. The first-order valence-electron chi connectivity index (χ1n) is 10.1. The minimum atomic E-state index is -0.426. The summed E-state index contributed by atoms with van der Waals surface area (Å²) in [4.78, 5) is 32.1. The summed E-state index contributed by atoms with van der Waals surface area (Å²) >= 11 is 0. The highest BCUT2D eigenvalue weighted by atomic mass is 16.6. The molecule has 3 rings (SSSR count). The number of nitrogens with zero attached hydrogens (tertiary/aromatic N) is 3. The SMILES string of the molecule is CN(/C=C1/N=C(c2ccccc2)OC1=O)CCCCCCN(C)C(=O)c1ccco1. The van der Waals surface area contributed by atoms with Crippen molar-refractivity contribution in [2.75, 3.05) is 27.2 Å². The molecule has 1 aliphatic rings. The second kappa shape index (κ2) is 10.4. The molecule has 1 aromatic heterocycles. The van der Waals surface area contributed by atoms with E-state index in [1.165, 1.54) is 6.26 Å². The largest absolute Gasteiger partial charge is 0.459 e. The van der Waals surface area contributed by atoms with Crippen molar-refractivity contribution in [2.24, 2.45) is 4.99 Å². The van der Waals surface area contributed by atoms with E-state index in [-0.39, 0.29) is 5.91 Å². The Kier molecular flexibility index (Phi) is 7.43. The molecule has 0 saturated carbocycles. The van der Waals surface area contributed by atoms with E-state index in [9.17, 15) is 9.59 Å². The van der Waals surface area contributed by atoms with E-state index in [1.807, 2.05) is 42.3 Å². The molecular weight excluding hydrogens is 382 g/mol. The minimum Gasteiger partial charge on any atom is -0.459 e. The lowest BCUT2D eigenvalue weighted by molar-refractivity contribution is -0.130. The van der Waals surface area contributed by atoms with Gasteiger partial charge in [0.2, 0.25) is 5.90 Å². The number of hydrogen-bond acceptors (Lipinski definition) is 6. The monoisotopic (exact) mass is 409 g/mol. The van der Waals surface area contributed by atoms with Gasteiger partial charge in [0.1, 0.15) is 0 Å². The van der Waals surface area contributed by atoms with Crippen LogP contribution in [0.4, 0.5) is 0 Å². The van der Waals surface area contributed by atoms with Crippen LogP contribution in [0.25, 0.3) is 0 Å². The number of rotatable bonds is 10. The van der Waals surface area contributed by atoms with Crippen LogP contribution in [-0.4, -0.2) is 54.8 Å². The van der Waals surface area contributed by atoms with Crippen molar-refractivity contribution in [3.05, 3.63) is 71.9 Å². The predicted molar refractivity (Wildman–Crippen MR) is 114 cm³/mol. The fourth-order valence-electron chi connectivity index (χ4n) is 3.13. The molecule has 7 nitrogen and oxygen atoms in total. The Morgan fingerprint density at radius 1 is 1.00 bits per heavy atom. The van der Waals surface area contributed by atoms with E-state index in [1.54, 1.807) is 30.3 Å². The lowest BCUT2D eigenvalue weighted by atomic mass is 10.2. The molecule has 0 N–H and O–H groups in total. The molecule has 1 amide bonds. The fraction of sp³-hybridized carbons (Fsp3) is 0.348. The van der Waals surface area contributed by atoms with Gasteiger partial charge in [-0.05, 0) is 37.1 Å². The summed E-state index contributed by atoms with van der Waals surface area (Å²) < 4.78 is 10.4. The van der Waals surface area contributed by atoms with Gasteiger partial charge in [-0.2, -0.15) is 0 Å². The highest BCUT2D eigenvalue weighted by Gasteiger charge is 2.24. The van der Waals surface area contributed by atoms with E-state index >= 15 is 0 Å². The maximum Gasteiger partial charge on any atom is 0.365 e. The summed E-state index contributed by atoms with van der Waals surface area (Å²) in [6, 6.07) is 12.8. The Hall–Kier alpha value is -3.35. The maximum absolute atomic E-state index is 12.1. The number of benzene rings is 1. The molecule has 0 saturated heterocycles. The van der Waals surface area contributed by atoms with Crippen LogP contribution in [0.5, 0.6) is 0 Å². The first-order chi connectivity index (χ1) is 14.5. The molecule has 0 unspecified atom stereocenters. The lowest BCUT2D eigenvalue weighted by Crippen LogP contribution is -2.27. The molecular formula is C23H27N3O4. The Morgan fingerprint density at radius 3 is 2.43 bits per heavy atom. The molecule has 0 atom stereocenters. The lowest BCUT2D eigenvalue weighted by Gasteiger charge is -2.16. The van der Waals surface area contributed by atoms with Gasteiger partial charge in [0.25, 0.3) is 5.91 Å². The molecule has 7 heteroatoms. The van der Waals surface area contributed by atoms with Gasteiger partial charge in [-0.1, -0.05) is 31.0 Å². The van der Waals surface area contributed by atoms with Gasteiger partial charge in [0, 0.05) is 38.9 Å². The van der Waals surface area contributed by atoms with E-state index in [0.717, 1.165) is 37.8 Å². The van der Waals surface area contributed by atoms with E-state index < -0.39 is 5.97 Å². The Balaban J connectivity index is 1.36. The highest BCUT2D eigenvalue weighted by Crippen LogP contribution is 2.16. The molecule has 2 aromatic rings. The number of cyclic esters (lactones) is 1. The van der Waals surface area contributed by atoms with Crippen molar-refractivity contribution >= 4 is 17.8 Å². The summed E-state index contributed by atoms with van der Waals surface area (Å²) in [7, 11) is 3.71. The van der Waals surface area contributed by atoms with Crippen molar-refractivity contribution in [1.82, 2.24) is 9.80 Å². The first kappa shape index (κ1) is 21.4. The number of aliphatic imine (C=N–C) groups is 1. The van der Waals surface area contributed by atoms with Gasteiger partial charge in [-0.15, -0.1) is 0 Å². The zero-order valence-electron chi connectivity index (χ0n) is 17.4. The highest BCUT2D eigenvalue weighted by molar-refractivity contribution is 6.11. The predicted octanol–water partition coefficient (Wildman–Crippen LogP) is 3.69. The average Bonchev–Trinajstić information content (AvgIpc) is 3.41. The number of amides is 1. The molecule has 158 valence electrons. The summed E-state index contributed by atoms with van der Waals surface area (Å²) in [5, 5.41) is 0. The van der Waals surface area contributed by atoms with Crippen LogP contribution in [0.2, 0.25) is 0 Å². The number of ether oxygens (including phenoxy) is 1. The van der Waals surface area contributed by atoms with Crippen molar-refractivity contribution in [1.29, 1.82) is 0 Å². The smallest absolute Gasteiger partial charge is 0.365 e. The maximum atomic E-state index is 12.1. The van der Waals surface area contributed by atoms with Gasteiger partial charge < -0.3 is 19.0 Å². The second-order valence-electron chi connectivity index (χ2n) is 7.29.